The van der Waals surface area contributed by atoms with Crippen LogP contribution in [-0.2, 0) is 32.3 Å². The molecule has 0 aliphatic carbocycles. The Morgan fingerprint density at radius 1 is 0.493 bits per heavy atom. The van der Waals surface area contributed by atoms with E-state index in [-0.39, 0.29) is 17.6 Å². The van der Waals surface area contributed by atoms with Crippen LogP contribution in [0.25, 0.3) is 0 Å². The van der Waals surface area contributed by atoms with E-state index >= 15 is 0 Å². The maximum atomic E-state index is 13.9. The Balaban J connectivity index is 1.49. The fourth-order valence-corrected chi connectivity index (χ4v) is 24.6. The van der Waals surface area contributed by atoms with Gasteiger partial charge in [0.05, 0.1) is 6.61 Å². The van der Waals surface area contributed by atoms with Crippen LogP contribution in [0.15, 0.2) is 182 Å². The van der Waals surface area contributed by atoms with E-state index in [0.29, 0.717) is 0 Å². The molecule has 7 rings (SSSR count). The standard InChI is InChI=1S/C58H71NO7Si3/c1-43(60)59-52-54(65-68(57(6,7)8,47-34-22-14-23-35-47)48-36-24-15-25-37-48)53(64-55(52)66-69(58(9,10)11,49-38-26-16-27-39-49)50-40-28-17-29-41-50)51(63-44(2)61)42-62-67(56(3,4)5,45-30-18-12-19-31-45)46-32-20-13-21-33-46/h12-41,51-55H,42H2,1-11H3,(H,59,60)/t51-,52-,53+,54-,55+/m1/s1. The predicted molar refractivity (Wildman–Crippen MR) is 287 cm³/mol. The Labute approximate surface area is 414 Å². The summed E-state index contributed by atoms with van der Waals surface area (Å²) in [4.78, 5) is 27.6. The SMILES string of the molecule is CC(=O)N[C@H]1[C@H](O[Si](c2ccccc2)(c2ccccc2)C(C)(C)C)O[C@@H]([C@@H](CO[Si](c2ccccc2)(c2ccccc2)C(C)(C)C)OC(C)=O)[C@@H]1O[Si](c1ccccc1)(c1ccccc1)C(C)(C)C. The number of benzene rings is 6. The number of esters is 1. The summed E-state index contributed by atoms with van der Waals surface area (Å²) < 4.78 is 37.7. The van der Waals surface area contributed by atoms with E-state index in [2.05, 4.69) is 189 Å². The van der Waals surface area contributed by atoms with Crippen molar-refractivity contribution in [2.75, 3.05) is 6.61 Å². The number of hydrogen-bond acceptors (Lipinski definition) is 7. The lowest BCUT2D eigenvalue weighted by atomic mass is 10.0. The molecule has 11 heteroatoms. The van der Waals surface area contributed by atoms with Crippen LogP contribution in [0.3, 0.4) is 0 Å². The van der Waals surface area contributed by atoms with E-state index in [4.69, 9.17) is 22.8 Å². The van der Waals surface area contributed by atoms with Crippen molar-refractivity contribution in [3.8, 4) is 0 Å². The van der Waals surface area contributed by atoms with Gasteiger partial charge in [-0.15, -0.1) is 0 Å². The van der Waals surface area contributed by atoms with Crippen LogP contribution in [0, 0.1) is 0 Å². The van der Waals surface area contributed by atoms with Crippen LogP contribution < -0.4 is 36.4 Å². The molecular formula is C58H71NO7Si3. The minimum Gasteiger partial charge on any atom is -0.457 e. The molecule has 0 saturated carbocycles. The van der Waals surface area contributed by atoms with E-state index < -0.39 is 71.6 Å². The normalized spacial score (nSPS) is 18.6. The summed E-state index contributed by atoms with van der Waals surface area (Å²) in [6, 6.07) is 61.6. The number of hydrogen-bond donors (Lipinski definition) is 1. The molecule has 0 unspecified atom stereocenters. The van der Waals surface area contributed by atoms with Gasteiger partial charge in [0, 0.05) is 13.8 Å². The van der Waals surface area contributed by atoms with Crippen LogP contribution in [0.2, 0.25) is 15.1 Å². The van der Waals surface area contributed by atoms with Crippen molar-refractivity contribution in [3.05, 3.63) is 182 Å². The summed E-state index contributed by atoms with van der Waals surface area (Å²) in [5.41, 5.74) is 0. The molecule has 0 bridgehead atoms. The van der Waals surface area contributed by atoms with Gasteiger partial charge in [0.25, 0.3) is 25.0 Å². The zero-order valence-corrected chi connectivity index (χ0v) is 45.3. The Morgan fingerprint density at radius 3 is 1.09 bits per heavy atom. The molecule has 69 heavy (non-hydrogen) atoms. The number of amides is 1. The van der Waals surface area contributed by atoms with Gasteiger partial charge < -0.3 is 28.1 Å². The summed E-state index contributed by atoms with van der Waals surface area (Å²) in [7, 11) is -10.0. The van der Waals surface area contributed by atoms with Gasteiger partial charge in [-0.05, 0) is 46.2 Å². The third-order valence-electron chi connectivity index (χ3n) is 13.6. The first-order chi connectivity index (χ1) is 32.8. The van der Waals surface area contributed by atoms with Gasteiger partial charge in [0.1, 0.15) is 18.2 Å². The molecule has 1 heterocycles. The van der Waals surface area contributed by atoms with Gasteiger partial charge >= 0.3 is 5.97 Å². The molecule has 6 aromatic rings. The van der Waals surface area contributed by atoms with E-state index in [9.17, 15) is 9.59 Å². The van der Waals surface area contributed by atoms with Crippen molar-refractivity contribution in [3.63, 3.8) is 0 Å². The molecule has 1 aliphatic heterocycles. The van der Waals surface area contributed by atoms with E-state index in [0.717, 1.165) is 31.1 Å². The summed E-state index contributed by atoms with van der Waals surface area (Å²) in [5, 5.41) is 8.40. The topological polar surface area (TPSA) is 92.3 Å². The van der Waals surface area contributed by atoms with Crippen LogP contribution in [0.1, 0.15) is 76.2 Å². The lowest BCUT2D eigenvalue weighted by Gasteiger charge is -2.47. The Hall–Kier alpha value is -5.25. The zero-order valence-electron chi connectivity index (χ0n) is 42.3. The third kappa shape index (κ3) is 10.3. The number of carbonyl (C=O) groups is 2. The monoisotopic (exact) mass is 977 g/mol. The summed E-state index contributed by atoms with van der Waals surface area (Å²) in [5.74, 6) is -0.768. The Morgan fingerprint density at radius 2 is 0.797 bits per heavy atom. The predicted octanol–water partition coefficient (Wildman–Crippen LogP) is 8.25. The summed E-state index contributed by atoms with van der Waals surface area (Å²) >= 11 is 0. The molecule has 1 saturated heterocycles. The van der Waals surface area contributed by atoms with E-state index in [1.165, 1.54) is 13.8 Å². The van der Waals surface area contributed by atoms with Gasteiger partial charge in [-0.3, -0.25) is 9.59 Å². The van der Waals surface area contributed by atoms with Crippen LogP contribution in [0.5, 0.6) is 0 Å². The Kier molecular flexibility index (Phi) is 15.7. The molecule has 8 nitrogen and oxygen atoms in total. The average molecular weight is 978 g/mol. The molecular weight excluding hydrogens is 907 g/mol. The van der Waals surface area contributed by atoms with Gasteiger partial charge in [0.15, 0.2) is 12.4 Å². The highest BCUT2D eigenvalue weighted by Crippen LogP contribution is 2.44. The first-order valence-electron chi connectivity index (χ1n) is 24.2. The molecule has 1 amide bonds. The lowest BCUT2D eigenvalue weighted by molar-refractivity contribution is -0.169. The molecule has 0 radical (unpaired) electrons. The van der Waals surface area contributed by atoms with Crippen molar-refractivity contribution in [1.82, 2.24) is 5.32 Å². The van der Waals surface area contributed by atoms with Gasteiger partial charge in [-0.1, -0.05) is 244 Å². The quantitative estimate of drug-likeness (QED) is 0.0772. The van der Waals surface area contributed by atoms with Crippen LogP contribution >= 0.6 is 0 Å². The molecule has 1 aliphatic rings. The fourth-order valence-electron chi connectivity index (χ4n) is 10.7. The molecule has 6 aromatic carbocycles. The molecule has 1 fully saturated rings. The fraction of sp³-hybridized carbons (Fsp3) is 0.345. The minimum absolute atomic E-state index is 0.0309. The van der Waals surface area contributed by atoms with Crippen molar-refractivity contribution in [2.45, 2.75) is 122 Å². The van der Waals surface area contributed by atoms with Gasteiger partial charge in [-0.2, -0.15) is 0 Å². The summed E-state index contributed by atoms with van der Waals surface area (Å²) in [6.07, 6.45) is -4.00. The second-order valence-electron chi connectivity index (χ2n) is 21.3. The molecule has 1 N–H and O–H groups in total. The highest BCUT2D eigenvalue weighted by atomic mass is 28.4. The molecule has 362 valence electrons. The smallest absolute Gasteiger partial charge is 0.303 e. The van der Waals surface area contributed by atoms with Gasteiger partial charge in [0.2, 0.25) is 5.91 Å². The number of ether oxygens (including phenoxy) is 2. The number of nitrogens with one attached hydrogen (secondary N) is 1. The second kappa shape index (κ2) is 21.0. The molecule has 0 aromatic heterocycles. The highest BCUT2D eigenvalue weighted by molar-refractivity contribution is 7.00. The van der Waals surface area contributed by atoms with Crippen molar-refractivity contribution < 1.29 is 32.3 Å². The van der Waals surface area contributed by atoms with Crippen molar-refractivity contribution in [1.29, 1.82) is 0 Å². The van der Waals surface area contributed by atoms with Gasteiger partial charge in [-0.25, -0.2) is 0 Å². The maximum absolute atomic E-state index is 13.9. The minimum atomic E-state index is -3.43. The van der Waals surface area contributed by atoms with Crippen molar-refractivity contribution in [2.24, 2.45) is 0 Å². The average Bonchev–Trinajstić information content (AvgIpc) is 3.64. The molecule has 0 spiro atoms. The van der Waals surface area contributed by atoms with E-state index in [1.807, 2.05) is 60.7 Å². The lowest BCUT2D eigenvalue weighted by Crippen LogP contribution is -2.71. The zero-order chi connectivity index (χ0) is 49.7. The van der Waals surface area contributed by atoms with Crippen LogP contribution in [-0.4, -0.2) is 74.1 Å². The number of carbonyl (C=O) groups excluding carboxylic acids is 2. The first kappa shape index (κ1) is 51.6. The Bertz CT molecular complexity index is 2470. The number of rotatable bonds is 16. The summed E-state index contributed by atoms with van der Waals surface area (Å²) in [6.45, 7) is 22.9. The van der Waals surface area contributed by atoms with E-state index in [1.54, 1.807) is 0 Å². The third-order valence-corrected chi connectivity index (χ3v) is 28.7. The second-order valence-corrected chi connectivity index (χ2v) is 34.2. The van der Waals surface area contributed by atoms with Crippen molar-refractivity contribution >= 4 is 67.9 Å². The first-order valence-corrected chi connectivity index (χ1v) is 29.9. The highest BCUT2D eigenvalue weighted by Gasteiger charge is 2.62. The van der Waals surface area contributed by atoms with Crippen LogP contribution in [0.4, 0.5) is 0 Å². The largest absolute Gasteiger partial charge is 0.457 e. The molecule has 5 atom stereocenters. The maximum Gasteiger partial charge on any atom is 0.303 e.